The molecule has 4 aromatic rings. The van der Waals surface area contributed by atoms with E-state index in [4.69, 9.17) is 9.26 Å². The molecule has 4 rings (SSSR count). The SMILES string of the molecule is CCOc1ccc(NC(=O)c2cc(-c3cccs3)on2)c2cccnc12. The Labute approximate surface area is 153 Å². The molecule has 0 bridgehead atoms. The first-order valence-corrected chi connectivity index (χ1v) is 8.96. The highest BCUT2D eigenvalue weighted by atomic mass is 32.1. The van der Waals surface area contributed by atoms with Crippen molar-refractivity contribution in [1.29, 1.82) is 0 Å². The zero-order chi connectivity index (χ0) is 17.9. The molecular formula is C19H15N3O3S. The molecule has 0 saturated heterocycles. The molecule has 1 aromatic carbocycles. The molecule has 3 heterocycles. The molecule has 0 spiro atoms. The molecular weight excluding hydrogens is 350 g/mol. The molecule has 0 aliphatic heterocycles. The van der Waals surface area contributed by atoms with E-state index in [2.05, 4.69) is 15.5 Å². The van der Waals surface area contributed by atoms with Crippen LogP contribution in [0.15, 0.2) is 58.6 Å². The minimum Gasteiger partial charge on any atom is -0.492 e. The topological polar surface area (TPSA) is 77.2 Å². The van der Waals surface area contributed by atoms with E-state index < -0.39 is 0 Å². The van der Waals surface area contributed by atoms with E-state index in [1.54, 1.807) is 24.4 Å². The van der Waals surface area contributed by atoms with Gasteiger partial charge in [-0.1, -0.05) is 11.2 Å². The molecule has 0 fully saturated rings. The molecule has 7 heteroatoms. The van der Waals surface area contributed by atoms with Crippen molar-refractivity contribution in [1.82, 2.24) is 10.1 Å². The summed E-state index contributed by atoms with van der Waals surface area (Å²) in [6.07, 6.45) is 1.70. The number of anilines is 1. The van der Waals surface area contributed by atoms with Crippen molar-refractivity contribution in [2.45, 2.75) is 6.92 Å². The predicted octanol–water partition coefficient (Wildman–Crippen LogP) is 4.60. The second-order valence-electron chi connectivity index (χ2n) is 5.45. The minimum atomic E-state index is -0.342. The van der Waals surface area contributed by atoms with Crippen molar-refractivity contribution in [2.24, 2.45) is 0 Å². The van der Waals surface area contributed by atoms with E-state index in [9.17, 15) is 4.79 Å². The number of hydrogen-bond acceptors (Lipinski definition) is 6. The molecule has 1 amide bonds. The van der Waals surface area contributed by atoms with Gasteiger partial charge in [0, 0.05) is 17.6 Å². The maximum absolute atomic E-state index is 12.6. The summed E-state index contributed by atoms with van der Waals surface area (Å²) in [5.41, 5.74) is 1.56. The Morgan fingerprint density at radius 2 is 2.19 bits per heavy atom. The van der Waals surface area contributed by atoms with E-state index in [0.717, 1.165) is 10.3 Å². The predicted molar refractivity (Wildman–Crippen MR) is 101 cm³/mol. The summed E-state index contributed by atoms with van der Waals surface area (Å²) in [5, 5.41) is 9.49. The fraction of sp³-hybridized carbons (Fsp3) is 0.105. The summed E-state index contributed by atoms with van der Waals surface area (Å²) in [5.74, 6) is 0.914. The fourth-order valence-corrected chi connectivity index (χ4v) is 3.30. The quantitative estimate of drug-likeness (QED) is 0.559. The van der Waals surface area contributed by atoms with Crippen LogP contribution < -0.4 is 10.1 Å². The zero-order valence-corrected chi connectivity index (χ0v) is 14.7. The molecule has 0 radical (unpaired) electrons. The molecule has 0 atom stereocenters. The Morgan fingerprint density at radius 3 is 3.00 bits per heavy atom. The van der Waals surface area contributed by atoms with E-state index in [0.29, 0.717) is 29.3 Å². The molecule has 0 aliphatic carbocycles. The van der Waals surface area contributed by atoms with Crippen LogP contribution in [-0.4, -0.2) is 22.7 Å². The van der Waals surface area contributed by atoms with Gasteiger partial charge < -0.3 is 14.6 Å². The van der Waals surface area contributed by atoms with Crippen LogP contribution in [0.2, 0.25) is 0 Å². The standard InChI is InChI=1S/C19H15N3O3S/c1-2-24-15-8-7-13(12-5-3-9-20-18(12)15)21-19(23)14-11-16(25-22-14)17-6-4-10-26-17/h3-11H,2H2,1H3,(H,21,23). The Bertz CT molecular complexity index is 1060. The summed E-state index contributed by atoms with van der Waals surface area (Å²) in [6, 6.07) is 12.8. The Kier molecular flexibility index (Phi) is 4.37. The van der Waals surface area contributed by atoms with Gasteiger partial charge in [-0.25, -0.2) is 0 Å². The summed E-state index contributed by atoms with van der Waals surface area (Å²) in [4.78, 5) is 17.9. The number of amides is 1. The first kappa shape index (κ1) is 16.3. The molecule has 6 nitrogen and oxygen atoms in total. The smallest absolute Gasteiger partial charge is 0.277 e. The van der Waals surface area contributed by atoms with Crippen LogP contribution in [0.5, 0.6) is 5.75 Å². The third kappa shape index (κ3) is 3.04. The van der Waals surface area contributed by atoms with E-state index in [1.807, 2.05) is 36.6 Å². The van der Waals surface area contributed by atoms with Crippen LogP contribution in [-0.2, 0) is 0 Å². The highest BCUT2D eigenvalue weighted by molar-refractivity contribution is 7.13. The van der Waals surface area contributed by atoms with Crippen molar-refractivity contribution in [3.63, 3.8) is 0 Å². The number of carbonyl (C=O) groups is 1. The number of thiophene rings is 1. The molecule has 0 saturated carbocycles. The van der Waals surface area contributed by atoms with Crippen molar-refractivity contribution < 1.29 is 14.1 Å². The Hall–Kier alpha value is -3.19. The summed E-state index contributed by atoms with van der Waals surface area (Å²) >= 11 is 1.53. The molecule has 3 aromatic heterocycles. The van der Waals surface area contributed by atoms with Crippen LogP contribution in [0, 0.1) is 0 Å². The van der Waals surface area contributed by atoms with Gasteiger partial charge in [0.05, 0.1) is 17.2 Å². The number of nitrogens with zero attached hydrogens (tertiary/aromatic N) is 2. The van der Waals surface area contributed by atoms with Gasteiger partial charge in [-0.15, -0.1) is 11.3 Å². The first-order chi connectivity index (χ1) is 12.8. The third-order valence-electron chi connectivity index (χ3n) is 3.79. The van der Waals surface area contributed by atoms with Gasteiger partial charge in [-0.2, -0.15) is 0 Å². The lowest BCUT2D eigenvalue weighted by atomic mass is 10.1. The van der Waals surface area contributed by atoms with Crippen LogP contribution in [0.3, 0.4) is 0 Å². The van der Waals surface area contributed by atoms with Gasteiger partial charge >= 0.3 is 0 Å². The lowest BCUT2D eigenvalue weighted by Gasteiger charge is -2.11. The second kappa shape index (κ2) is 6.97. The van der Waals surface area contributed by atoms with Crippen molar-refractivity contribution in [3.8, 4) is 16.4 Å². The van der Waals surface area contributed by atoms with Gasteiger partial charge in [0.25, 0.3) is 5.91 Å². The lowest BCUT2D eigenvalue weighted by molar-refractivity contribution is 0.101. The monoisotopic (exact) mass is 365 g/mol. The third-order valence-corrected chi connectivity index (χ3v) is 4.67. The van der Waals surface area contributed by atoms with Crippen molar-refractivity contribution in [3.05, 3.63) is 59.7 Å². The van der Waals surface area contributed by atoms with Crippen LogP contribution in [0.25, 0.3) is 21.5 Å². The van der Waals surface area contributed by atoms with Gasteiger partial charge in [0.2, 0.25) is 0 Å². The van der Waals surface area contributed by atoms with E-state index in [-0.39, 0.29) is 11.6 Å². The van der Waals surface area contributed by atoms with Gasteiger partial charge in [-0.3, -0.25) is 9.78 Å². The van der Waals surface area contributed by atoms with Gasteiger partial charge in [-0.05, 0) is 42.6 Å². The highest BCUT2D eigenvalue weighted by Gasteiger charge is 2.16. The van der Waals surface area contributed by atoms with Crippen molar-refractivity contribution >= 4 is 33.8 Å². The molecule has 130 valence electrons. The highest BCUT2D eigenvalue weighted by Crippen LogP contribution is 2.31. The van der Waals surface area contributed by atoms with Crippen molar-refractivity contribution in [2.75, 3.05) is 11.9 Å². The molecule has 1 N–H and O–H groups in total. The first-order valence-electron chi connectivity index (χ1n) is 8.08. The molecule has 0 unspecified atom stereocenters. The second-order valence-corrected chi connectivity index (χ2v) is 6.40. The number of benzene rings is 1. The maximum Gasteiger partial charge on any atom is 0.277 e. The molecule has 26 heavy (non-hydrogen) atoms. The normalized spacial score (nSPS) is 10.8. The van der Waals surface area contributed by atoms with Gasteiger partial charge in [0.15, 0.2) is 11.5 Å². The average Bonchev–Trinajstić information content (AvgIpc) is 3.35. The number of fused-ring (bicyclic) bond motifs is 1. The van der Waals surface area contributed by atoms with E-state index >= 15 is 0 Å². The largest absolute Gasteiger partial charge is 0.492 e. The lowest BCUT2D eigenvalue weighted by Crippen LogP contribution is -2.12. The van der Waals surface area contributed by atoms with Gasteiger partial charge in [0.1, 0.15) is 11.3 Å². The maximum atomic E-state index is 12.6. The number of hydrogen-bond donors (Lipinski definition) is 1. The number of pyridine rings is 1. The summed E-state index contributed by atoms with van der Waals surface area (Å²) in [7, 11) is 0. The van der Waals surface area contributed by atoms with E-state index in [1.165, 1.54) is 11.3 Å². The van der Waals surface area contributed by atoms with Crippen LogP contribution in [0.1, 0.15) is 17.4 Å². The number of nitrogens with one attached hydrogen (secondary N) is 1. The number of carbonyl (C=O) groups excluding carboxylic acids is 1. The summed E-state index contributed by atoms with van der Waals surface area (Å²) < 4.78 is 10.9. The number of ether oxygens (including phenoxy) is 1. The van der Waals surface area contributed by atoms with Crippen LogP contribution >= 0.6 is 11.3 Å². The Morgan fingerprint density at radius 1 is 1.27 bits per heavy atom. The minimum absolute atomic E-state index is 0.222. The fourth-order valence-electron chi connectivity index (χ4n) is 2.63. The molecule has 0 aliphatic rings. The number of rotatable bonds is 5. The van der Waals surface area contributed by atoms with Crippen LogP contribution in [0.4, 0.5) is 5.69 Å². The Balaban J connectivity index is 1.63. The number of aromatic nitrogens is 2. The average molecular weight is 365 g/mol. The summed E-state index contributed by atoms with van der Waals surface area (Å²) in [6.45, 7) is 2.46. The zero-order valence-electron chi connectivity index (χ0n) is 13.9.